The summed E-state index contributed by atoms with van der Waals surface area (Å²) < 4.78 is 35.2. The van der Waals surface area contributed by atoms with Crippen LogP contribution in [0.1, 0.15) is 41.4 Å². The molecule has 4 heterocycles. The molecule has 13 heteroatoms. The minimum atomic E-state index is -3.69. The first-order valence-corrected chi connectivity index (χ1v) is 15.3. The van der Waals surface area contributed by atoms with Gasteiger partial charge in [-0.2, -0.15) is 0 Å². The van der Waals surface area contributed by atoms with Gasteiger partial charge in [0.25, 0.3) is 0 Å². The van der Waals surface area contributed by atoms with Crippen LogP contribution in [0, 0.1) is 0 Å². The zero-order valence-electron chi connectivity index (χ0n) is 21.0. The molecule has 0 radical (unpaired) electrons. The van der Waals surface area contributed by atoms with E-state index >= 15 is 0 Å². The van der Waals surface area contributed by atoms with Gasteiger partial charge in [-0.15, -0.1) is 11.3 Å². The summed E-state index contributed by atoms with van der Waals surface area (Å²) in [6.45, 7) is 0.701. The number of carboxylic acid groups (broad SMARTS) is 1. The summed E-state index contributed by atoms with van der Waals surface area (Å²) in [5, 5.41) is 23.0. The Balaban J connectivity index is 1.45. The number of carbonyl (C=O) groups is 1. The number of hydrogen-bond donors (Lipinski definition) is 4. The average Bonchev–Trinajstić information content (AvgIpc) is 3.56. The van der Waals surface area contributed by atoms with Gasteiger partial charge in [0.2, 0.25) is 10.0 Å². The molecule has 1 amide bonds. The van der Waals surface area contributed by atoms with Crippen molar-refractivity contribution in [2.75, 3.05) is 18.5 Å². The zero-order valence-corrected chi connectivity index (χ0v) is 23.4. The molecule has 208 valence electrons. The fourth-order valence-electron chi connectivity index (χ4n) is 4.80. The lowest BCUT2D eigenvalue weighted by Gasteiger charge is -2.21. The highest BCUT2D eigenvalue weighted by molar-refractivity contribution is 7.90. The number of pyridine rings is 2. The van der Waals surface area contributed by atoms with E-state index in [2.05, 4.69) is 20.0 Å². The number of anilines is 1. The molecule has 6 rings (SSSR count). The summed E-state index contributed by atoms with van der Waals surface area (Å²) in [5.41, 5.74) is 1.32. The van der Waals surface area contributed by atoms with Crippen LogP contribution in [0.15, 0.2) is 54.7 Å². The van der Waals surface area contributed by atoms with Gasteiger partial charge in [0, 0.05) is 34.4 Å². The van der Waals surface area contributed by atoms with Crippen LogP contribution in [0.3, 0.4) is 0 Å². The SMILES string of the molecule is O=C(O)Nc1ccc(Cl)c(C(NS(=O)(=O)C2CC2)c2cc3cccc(-c4cc(C5(O)CCOC5)ccn4)c3s2)n1. The Morgan fingerprint density at radius 3 is 2.75 bits per heavy atom. The number of rotatable bonds is 8. The Hall–Kier alpha value is -3.13. The van der Waals surface area contributed by atoms with Crippen molar-refractivity contribution in [2.45, 2.75) is 36.2 Å². The molecular weight excluding hydrogens is 576 g/mol. The highest BCUT2D eigenvalue weighted by Gasteiger charge is 2.39. The molecule has 4 N–H and O–H groups in total. The third-order valence-corrected chi connectivity index (χ3v) is 10.5. The first-order chi connectivity index (χ1) is 19.1. The Labute approximate surface area is 239 Å². The van der Waals surface area contributed by atoms with E-state index < -0.39 is 33.0 Å². The molecule has 2 atom stereocenters. The topological polar surface area (TPSA) is 151 Å². The van der Waals surface area contributed by atoms with E-state index in [-0.39, 0.29) is 23.1 Å². The Bertz CT molecular complexity index is 1720. The first-order valence-electron chi connectivity index (χ1n) is 12.6. The molecule has 1 aliphatic heterocycles. The average molecular weight is 601 g/mol. The minimum Gasteiger partial charge on any atom is -0.465 e. The normalized spacial score (nSPS) is 20.1. The van der Waals surface area contributed by atoms with E-state index in [1.165, 1.54) is 23.5 Å². The van der Waals surface area contributed by atoms with Crippen molar-refractivity contribution in [3.63, 3.8) is 0 Å². The largest absolute Gasteiger partial charge is 0.465 e. The number of sulfonamides is 1. The number of benzene rings is 1. The number of ether oxygens (including phenoxy) is 1. The molecule has 4 aromatic rings. The Morgan fingerprint density at radius 1 is 1.20 bits per heavy atom. The molecule has 40 heavy (non-hydrogen) atoms. The van der Waals surface area contributed by atoms with Crippen molar-refractivity contribution in [2.24, 2.45) is 0 Å². The number of hydrogen-bond acceptors (Lipinski definition) is 8. The summed E-state index contributed by atoms with van der Waals surface area (Å²) in [4.78, 5) is 20.8. The van der Waals surface area contributed by atoms with Crippen molar-refractivity contribution in [1.82, 2.24) is 14.7 Å². The third kappa shape index (κ3) is 5.30. The van der Waals surface area contributed by atoms with Gasteiger partial charge in [-0.3, -0.25) is 10.3 Å². The maximum Gasteiger partial charge on any atom is 0.410 e. The van der Waals surface area contributed by atoms with Gasteiger partial charge in [-0.25, -0.2) is 22.9 Å². The Kier molecular flexibility index (Phi) is 7.01. The van der Waals surface area contributed by atoms with Crippen molar-refractivity contribution >= 4 is 55.0 Å². The quantitative estimate of drug-likeness (QED) is 0.223. The predicted octanol–water partition coefficient (Wildman–Crippen LogP) is 4.88. The second-order valence-corrected chi connectivity index (χ2v) is 13.4. The number of thiophene rings is 1. The van der Waals surface area contributed by atoms with Crippen LogP contribution in [0.25, 0.3) is 21.3 Å². The minimum absolute atomic E-state index is 0.0270. The van der Waals surface area contributed by atoms with Gasteiger partial charge < -0.3 is 14.9 Å². The smallest absolute Gasteiger partial charge is 0.410 e. The van der Waals surface area contributed by atoms with Crippen molar-refractivity contribution in [1.29, 1.82) is 0 Å². The molecule has 10 nitrogen and oxygen atoms in total. The fourth-order valence-corrected chi connectivity index (χ4v) is 7.85. The van der Waals surface area contributed by atoms with Crippen LogP contribution in [0.2, 0.25) is 5.02 Å². The zero-order chi connectivity index (χ0) is 28.1. The third-order valence-electron chi connectivity index (χ3n) is 7.05. The number of fused-ring (bicyclic) bond motifs is 1. The second-order valence-electron chi connectivity index (χ2n) is 9.93. The summed E-state index contributed by atoms with van der Waals surface area (Å²) in [6, 6.07) is 13.2. The molecule has 1 aliphatic carbocycles. The number of nitrogens with zero attached hydrogens (tertiary/aromatic N) is 2. The fraction of sp³-hybridized carbons (Fsp3) is 0.296. The van der Waals surface area contributed by atoms with E-state index in [9.17, 15) is 18.3 Å². The molecule has 0 spiro atoms. The van der Waals surface area contributed by atoms with Gasteiger partial charge in [0.05, 0.1) is 34.3 Å². The number of aliphatic hydroxyl groups is 1. The number of aromatic nitrogens is 2. The van der Waals surface area contributed by atoms with Gasteiger partial charge >= 0.3 is 6.09 Å². The molecule has 2 aliphatic rings. The van der Waals surface area contributed by atoms with Gasteiger partial charge in [-0.1, -0.05) is 29.8 Å². The van der Waals surface area contributed by atoms with Crippen LogP contribution < -0.4 is 10.0 Å². The second kappa shape index (κ2) is 10.4. The molecular formula is C27H25ClN4O6S2. The maximum absolute atomic E-state index is 13.1. The van der Waals surface area contributed by atoms with Gasteiger partial charge in [0.1, 0.15) is 11.4 Å². The Morgan fingerprint density at radius 2 is 2.02 bits per heavy atom. The monoisotopic (exact) mass is 600 g/mol. The maximum atomic E-state index is 13.1. The number of amides is 1. The summed E-state index contributed by atoms with van der Waals surface area (Å²) in [7, 11) is -3.69. The highest BCUT2D eigenvalue weighted by Crippen LogP contribution is 2.41. The molecule has 1 saturated carbocycles. The summed E-state index contributed by atoms with van der Waals surface area (Å²) in [5.74, 6) is 0.0270. The van der Waals surface area contributed by atoms with Crippen molar-refractivity contribution in [3.05, 3.63) is 75.9 Å². The van der Waals surface area contributed by atoms with E-state index in [0.717, 1.165) is 21.2 Å². The van der Waals surface area contributed by atoms with E-state index in [1.54, 1.807) is 12.3 Å². The van der Waals surface area contributed by atoms with Crippen LogP contribution in [-0.2, 0) is 20.4 Å². The van der Waals surface area contributed by atoms with Gasteiger partial charge in [-0.05, 0) is 54.1 Å². The molecule has 2 fully saturated rings. The lowest BCUT2D eigenvalue weighted by Crippen LogP contribution is -2.32. The highest BCUT2D eigenvalue weighted by atomic mass is 35.5. The van der Waals surface area contributed by atoms with Crippen molar-refractivity contribution in [3.8, 4) is 11.3 Å². The van der Waals surface area contributed by atoms with E-state index in [1.807, 2.05) is 30.3 Å². The van der Waals surface area contributed by atoms with Crippen LogP contribution in [0.5, 0.6) is 0 Å². The molecule has 1 aromatic carbocycles. The van der Waals surface area contributed by atoms with Crippen LogP contribution in [-0.4, -0.2) is 53.2 Å². The molecule has 1 saturated heterocycles. The predicted molar refractivity (Wildman–Crippen MR) is 152 cm³/mol. The summed E-state index contributed by atoms with van der Waals surface area (Å²) in [6.07, 6.45) is 1.99. The lowest BCUT2D eigenvalue weighted by atomic mass is 9.92. The van der Waals surface area contributed by atoms with Crippen LogP contribution >= 0.6 is 22.9 Å². The molecule has 0 bridgehead atoms. The van der Waals surface area contributed by atoms with Crippen molar-refractivity contribution < 1.29 is 28.2 Å². The summed E-state index contributed by atoms with van der Waals surface area (Å²) >= 11 is 7.88. The number of halogens is 1. The van der Waals surface area contributed by atoms with E-state index in [4.69, 9.17) is 21.4 Å². The molecule has 2 unspecified atom stereocenters. The van der Waals surface area contributed by atoms with Gasteiger partial charge in [0.15, 0.2) is 0 Å². The van der Waals surface area contributed by atoms with E-state index in [0.29, 0.717) is 36.4 Å². The number of nitrogens with one attached hydrogen (secondary N) is 2. The van der Waals surface area contributed by atoms with Crippen LogP contribution in [0.4, 0.5) is 10.6 Å². The standard InChI is InChI=1S/C27H25ClN4O6S2/c28-19-6-7-22(31-26(33)34)30-23(19)24(32-40(36,37)17-4-5-17)21-12-15-2-1-3-18(25(15)39-21)20-13-16(8-10-29-20)27(35)9-11-38-14-27/h1-3,6-8,10,12-13,17,24,32,35H,4-5,9,11,14H2,(H,30,31)(H,33,34). The first kappa shape index (κ1) is 27.1. The molecule has 3 aromatic heterocycles. The lowest BCUT2D eigenvalue weighted by molar-refractivity contribution is 0.0232.